The number of amides is 1. The van der Waals surface area contributed by atoms with Gasteiger partial charge in [0, 0.05) is 17.8 Å². The monoisotopic (exact) mass is 215 g/mol. The summed E-state index contributed by atoms with van der Waals surface area (Å²) >= 11 is 0. The smallest absolute Gasteiger partial charge is 0.267 e. The highest BCUT2D eigenvalue weighted by Crippen LogP contribution is 2.25. The Bertz CT molecular complexity index is 708. The quantitative estimate of drug-likeness (QED) is 0.621. The first-order valence-electron chi connectivity index (χ1n) is 4.77. The van der Waals surface area contributed by atoms with Crippen LogP contribution in [0, 0.1) is 0 Å². The number of benzene rings is 1. The molecule has 3 aromatic rings. The molecular weight excluding hydrogens is 206 g/mol. The Morgan fingerprint density at radius 3 is 3.00 bits per heavy atom. The van der Waals surface area contributed by atoms with Crippen molar-refractivity contribution in [2.75, 3.05) is 0 Å². The first kappa shape index (κ1) is 8.90. The second kappa shape index (κ2) is 2.82. The summed E-state index contributed by atoms with van der Waals surface area (Å²) in [5.41, 5.74) is 7.39. The largest absolute Gasteiger partial charge is 0.364 e. The van der Waals surface area contributed by atoms with Crippen molar-refractivity contribution in [3.05, 3.63) is 24.0 Å². The van der Waals surface area contributed by atoms with Crippen LogP contribution < -0.4 is 5.73 Å². The summed E-state index contributed by atoms with van der Waals surface area (Å²) < 4.78 is 1.75. The molecule has 2 aromatic heterocycles. The molecule has 3 rings (SSSR count). The van der Waals surface area contributed by atoms with E-state index in [4.69, 9.17) is 5.73 Å². The maximum absolute atomic E-state index is 11.2. The highest BCUT2D eigenvalue weighted by molar-refractivity contribution is 6.12. The highest BCUT2D eigenvalue weighted by Gasteiger charge is 2.14. The van der Waals surface area contributed by atoms with Gasteiger partial charge in [0.05, 0.1) is 17.2 Å². The Kier molecular flexibility index (Phi) is 1.57. The molecule has 0 saturated heterocycles. The molecule has 0 aliphatic rings. The van der Waals surface area contributed by atoms with Gasteiger partial charge in [0.2, 0.25) is 0 Å². The molecule has 0 saturated carbocycles. The summed E-state index contributed by atoms with van der Waals surface area (Å²) in [6.07, 6.45) is 1.68. The number of nitrogens with one attached hydrogen (secondary N) is 1. The molecule has 0 spiro atoms. The van der Waals surface area contributed by atoms with Crippen LogP contribution in [0.1, 0.15) is 10.5 Å². The second-order valence-corrected chi connectivity index (χ2v) is 3.65. The first-order valence-corrected chi connectivity index (χ1v) is 4.77. The van der Waals surface area contributed by atoms with Gasteiger partial charge >= 0.3 is 0 Å². The standard InChI is InChI=1S/C10H9N5O/c1-15-9-5(8(14-15)10(11)16)2-3-7-6(9)4-12-13-7/h2-4,14H,1H3,(H2,11,16). The summed E-state index contributed by atoms with van der Waals surface area (Å²) in [5.74, 6) is -0.475. The van der Waals surface area contributed by atoms with Gasteiger partial charge in [-0.1, -0.05) is 0 Å². The third-order valence-electron chi connectivity index (χ3n) is 2.68. The Labute approximate surface area is 90.0 Å². The van der Waals surface area contributed by atoms with Crippen LogP contribution in [0.2, 0.25) is 0 Å². The van der Waals surface area contributed by atoms with E-state index in [-0.39, 0.29) is 0 Å². The third-order valence-corrected chi connectivity index (χ3v) is 2.68. The fourth-order valence-corrected chi connectivity index (χ4v) is 2.00. The number of aromatic amines is 1. The van der Waals surface area contributed by atoms with E-state index in [1.54, 1.807) is 10.9 Å². The topological polar surface area (TPSA) is 89.6 Å². The van der Waals surface area contributed by atoms with Crippen LogP contribution in [0.4, 0.5) is 0 Å². The van der Waals surface area contributed by atoms with Crippen molar-refractivity contribution in [1.82, 2.24) is 20.0 Å². The minimum absolute atomic E-state index is 0.403. The number of carbonyl (C=O) groups excluding carboxylic acids is 1. The van der Waals surface area contributed by atoms with Gasteiger partial charge in [-0.05, 0) is 12.1 Å². The predicted octanol–water partition coefficient (Wildman–Crippen LogP) is 0.548. The molecule has 0 fully saturated rings. The van der Waals surface area contributed by atoms with Crippen molar-refractivity contribution in [1.29, 1.82) is 0 Å². The SMILES string of the molecule is Cn1[nH]c(C(N)=O)c2ccc3nncc3c21. The summed E-state index contributed by atoms with van der Waals surface area (Å²) in [4.78, 5) is 11.2. The Morgan fingerprint density at radius 2 is 2.25 bits per heavy atom. The number of nitrogens with two attached hydrogens (primary N) is 1. The van der Waals surface area contributed by atoms with Crippen LogP contribution in [0.3, 0.4) is 0 Å². The molecule has 0 unspecified atom stereocenters. The van der Waals surface area contributed by atoms with Crippen LogP contribution in [0.25, 0.3) is 21.8 Å². The van der Waals surface area contributed by atoms with Gasteiger partial charge in [0.1, 0.15) is 5.69 Å². The van der Waals surface area contributed by atoms with Crippen molar-refractivity contribution < 1.29 is 4.79 Å². The van der Waals surface area contributed by atoms with E-state index in [9.17, 15) is 4.79 Å². The van der Waals surface area contributed by atoms with Crippen LogP contribution >= 0.6 is 0 Å². The predicted molar refractivity (Wildman–Crippen MR) is 58.9 cm³/mol. The number of fused-ring (bicyclic) bond motifs is 3. The third kappa shape index (κ3) is 0.979. The molecule has 80 valence electrons. The maximum Gasteiger partial charge on any atom is 0.267 e. The minimum Gasteiger partial charge on any atom is -0.364 e. The van der Waals surface area contributed by atoms with Crippen molar-refractivity contribution in [2.24, 2.45) is 12.8 Å². The molecule has 1 aromatic carbocycles. The number of rotatable bonds is 1. The molecule has 6 nitrogen and oxygen atoms in total. The summed E-state index contributed by atoms with van der Waals surface area (Å²) in [7, 11) is 1.82. The number of hydrogen-bond acceptors (Lipinski definition) is 3. The van der Waals surface area contributed by atoms with Crippen LogP contribution in [-0.4, -0.2) is 25.9 Å². The van der Waals surface area contributed by atoms with E-state index < -0.39 is 5.91 Å². The van der Waals surface area contributed by atoms with E-state index in [1.165, 1.54) is 0 Å². The first-order chi connectivity index (χ1) is 7.68. The fraction of sp³-hybridized carbons (Fsp3) is 0.100. The van der Waals surface area contributed by atoms with Crippen molar-refractivity contribution >= 4 is 27.7 Å². The van der Waals surface area contributed by atoms with Crippen molar-refractivity contribution in [2.45, 2.75) is 0 Å². The molecule has 3 N–H and O–H groups in total. The molecule has 2 heterocycles. The van der Waals surface area contributed by atoms with E-state index in [0.717, 1.165) is 21.8 Å². The molecular formula is C10H9N5O. The molecule has 0 bridgehead atoms. The number of primary amides is 1. The number of hydrogen-bond donors (Lipinski definition) is 2. The molecule has 1 amide bonds. The van der Waals surface area contributed by atoms with Crippen molar-refractivity contribution in [3.63, 3.8) is 0 Å². The van der Waals surface area contributed by atoms with Gasteiger partial charge < -0.3 is 5.73 Å². The molecule has 0 radical (unpaired) electrons. The number of H-pyrrole nitrogens is 1. The van der Waals surface area contributed by atoms with Crippen LogP contribution in [0.5, 0.6) is 0 Å². The maximum atomic E-state index is 11.2. The van der Waals surface area contributed by atoms with Gasteiger partial charge in [-0.15, -0.1) is 0 Å². The van der Waals surface area contributed by atoms with E-state index in [2.05, 4.69) is 15.3 Å². The van der Waals surface area contributed by atoms with E-state index >= 15 is 0 Å². The molecule has 0 aliphatic heterocycles. The number of carbonyl (C=O) groups is 1. The number of nitrogens with zero attached hydrogens (tertiary/aromatic N) is 3. The molecule has 6 heteroatoms. The lowest BCUT2D eigenvalue weighted by Crippen LogP contribution is -2.12. The average Bonchev–Trinajstić information content (AvgIpc) is 2.81. The van der Waals surface area contributed by atoms with Crippen molar-refractivity contribution in [3.8, 4) is 0 Å². The molecule has 0 aliphatic carbocycles. The highest BCUT2D eigenvalue weighted by atomic mass is 16.1. The summed E-state index contributed by atoms with van der Waals surface area (Å²) in [6, 6.07) is 3.65. The zero-order valence-corrected chi connectivity index (χ0v) is 8.56. The second-order valence-electron chi connectivity index (χ2n) is 3.65. The number of aryl methyl sites for hydroxylation is 1. The lowest BCUT2D eigenvalue weighted by molar-refractivity contribution is 0.0996. The van der Waals surface area contributed by atoms with Gasteiger partial charge in [-0.25, -0.2) is 0 Å². The Morgan fingerprint density at radius 1 is 1.44 bits per heavy atom. The molecule has 0 atom stereocenters. The van der Waals surface area contributed by atoms with E-state index in [0.29, 0.717) is 5.69 Å². The van der Waals surface area contributed by atoms with Gasteiger partial charge in [-0.2, -0.15) is 10.2 Å². The Hall–Kier alpha value is -2.37. The van der Waals surface area contributed by atoms with Gasteiger partial charge in [-0.3, -0.25) is 14.6 Å². The molecule has 16 heavy (non-hydrogen) atoms. The van der Waals surface area contributed by atoms with Crippen LogP contribution in [-0.2, 0) is 7.05 Å². The number of aromatic nitrogens is 4. The lowest BCUT2D eigenvalue weighted by Gasteiger charge is -1.95. The lowest BCUT2D eigenvalue weighted by atomic mass is 10.1. The van der Waals surface area contributed by atoms with Gasteiger partial charge in [0.25, 0.3) is 5.91 Å². The zero-order chi connectivity index (χ0) is 11.3. The van der Waals surface area contributed by atoms with Gasteiger partial charge in [0.15, 0.2) is 0 Å². The summed E-state index contributed by atoms with van der Waals surface area (Å²) in [6.45, 7) is 0. The Balaban J connectivity index is 2.56. The summed E-state index contributed by atoms with van der Waals surface area (Å²) in [5, 5.41) is 12.4. The normalized spacial score (nSPS) is 11.3. The minimum atomic E-state index is -0.475. The van der Waals surface area contributed by atoms with Crippen LogP contribution in [0.15, 0.2) is 18.3 Å². The zero-order valence-electron chi connectivity index (χ0n) is 8.56. The fourth-order valence-electron chi connectivity index (χ4n) is 2.00. The van der Waals surface area contributed by atoms with E-state index in [1.807, 2.05) is 19.2 Å². The average molecular weight is 215 g/mol.